The molecule has 0 aromatic heterocycles. The molecule has 0 radical (unpaired) electrons. The molecule has 0 bridgehead atoms. The van der Waals surface area contributed by atoms with E-state index in [4.69, 9.17) is 19.3 Å². The molecule has 1 heterocycles. The Kier molecular flexibility index (Phi) is 6.43. The molecular weight excluding hydrogens is 314 g/mol. The van der Waals surface area contributed by atoms with Gasteiger partial charge in [-0.05, 0) is 37.1 Å². The summed E-state index contributed by atoms with van der Waals surface area (Å²) >= 11 is 0. The highest BCUT2D eigenvalue weighted by atomic mass is 16.5. The molecule has 7 nitrogen and oxygen atoms in total. The summed E-state index contributed by atoms with van der Waals surface area (Å²) in [4.78, 5) is 23.0. The summed E-state index contributed by atoms with van der Waals surface area (Å²) in [5.74, 6) is -0.0430. The average Bonchev–Trinajstić information content (AvgIpc) is 2.99. The molecule has 1 aromatic rings. The Balaban J connectivity index is 1.82. The normalized spacial score (nSPS) is 19.7. The summed E-state index contributed by atoms with van der Waals surface area (Å²) in [6.07, 6.45) is 1.25. The van der Waals surface area contributed by atoms with Gasteiger partial charge in [0.25, 0.3) is 5.91 Å². The maximum Gasteiger partial charge on any atom is 0.305 e. The van der Waals surface area contributed by atoms with Gasteiger partial charge in [0.1, 0.15) is 11.5 Å². The zero-order chi connectivity index (χ0) is 17.4. The highest BCUT2D eigenvalue weighted by Crippen LogP contribution is 2.23. The van der Waals surface area contributed by atoms with E-state index in [1.807, 2.05) is 6.92 Å². The molecule has 0 saturated carbocycles. The van der Waals surface area contributed by atoms with Gasteiger partial charge in [-0.25, -0.2) is 0 Å². The van der Waals surface area contributed by atoms with Crippen molar-refractivity contribution in [3.63, 3.8) is 0 Å². The second-order valence-corrected chi connectivity index (χ2v) is 5.81. The molecule has 7 heteroatoms. The van der Waals surface area contributed by atoms with Crippen molar-refractivity contribution in [3.05, 3.63) is 24.3 Å². The zero-order valence-electron chi connectivity index (χ0n) is 13.7. The number of amides is 1. The van der Waals surface area contributed by atoms with E-state index in [-0.39, 0.29) is 25.5 Å². The number of aliphatic carboxylic acids is 1. The van der Waals surface area contributed by atoms with Crippen molar-refractivity contribution in [3.8, 4) is 11.5 Å². The van der Waals surface area contributed by atoms with Crippen LogP contribution >= 0.6 is 0 Å². The van der Waals surface area contributed by atoms with Crippen LogP contribution in [0.2, 0.25) is 0 Å². The van der Waals surface area contributed by atoms with Crippen molar-refractivity contribution in [2.24, 2.45) is 0 Å². The van der Waals surface area contributed by atoms with E-state index in [1.54, 1.807) is 24.3 Å². The number of ether oxygens (including phenoxy) is 3. The van der Waals surface area contributed by atoms with Gasteiger partial charge in [0.15, 0.2) is 6.61 Å². The second-order valence-electron chi connectivity index (χ2n) is 5.81. The third kappa shape index (κ3) is 5.42. The van der Waals surface area contributed by atoms with Crippen molar-refractivity contribution in [2.75, 3.05) is 26.4 Å². The molecule has 1 aliphatic rings. The zero-order valence-corrected chi connectivity index (χ0v) is 13.7. The van der Waals surface area contributed by atoms with E-state index in [2.05, 4.69) is 5.32 Å². The molecule has 1 saturated heterocycles. The second kappa shape index (κ2) is 8.54. The summed E-state index contributed by atoms with van der Waals surface area (Å²) in [5, 5.41) is 11.7. The Labute approximate surface area is 140 Å². The topological polar surface area (TPSA) is 94.1 Å². The van der Waals surface area contributed by atoms with Crippen LogP contribution < -0.4 is 14.8 Å². The number of rotatable bonds is 9. The average molecular weight is 337 g/mol. The van der Waals surface area contributed by atoms with Gasteiger partial charge < -0.3 is 24.6 Å². The SMILES string of the molecule is CCCOc1ccc(OCC(=O)NC2(CC(=O)O)CCOC2)cc1. The first-order valence-corrected chi connectivity index (χ1v) is 7.99. The fourth-order valence-electron chi connectivity index (χ4n) is 2.51. The van der Waals surface area contributed by atoms with E-state index in [9.17, 15) is 9.59 Å². The maximum absolute atomic E-state index is 12.1. The first-order chi connectivity index (χ1) is 11.5. The standard InChI is InChI=1S/C17H23NO6/c1-2-8-23-13-3-5-14(6-4-13)24-11-15(19)18-17(10-16(20)21)7-9-22-12-17/h3-6H,2,7-12H2,1H3,(H,18,19)(H,20,21). The van der Waals surface area contributed by atoms with Gasteiger partial charge in [-0.2, -0.15) is 0 Å². The van der Waals surface area contributed by atoms with Crippen LogP contribution in [0.15, 0.2) is 24.3 Å². The minimum atomic E-state index is -0.968. The molecule has 0 spiro atoms. The largest absolute Gasteiger partial charge is 0.494 e. The summed E-state index contributed by atoms with van der Waals surface area (Å²) in [6, 6.07) is 7.01. The van der Waals surface area contributed by atoms with E-state index in [0.29, 0.717) is 25.4 Å². The summed E-state index contributed by atoms with van der Waals surface area (Å²) < 4.78 is 16.1. The van der Waals surface area contributed by atoms with Crippen LogP contribution in [0.1, 0.15) is 26.2 Å². The van der Waals surface area contributed by atoms with Crippen LogP contribution in [0, 0.1) is 0 Å². The maximum atomic E-state index is 12.1. The Morgan fingerprint density at radius 3 is 2.46 bits per heavy atom. The van der Waals surface area contributed by atoms with Gasteiger partial charge in [-0.15, -0.1) is 0 Å². The lowest BCUT2D eigenvalue weighted by Gasteiger charge is -2.26. The first kappa shape index (κ1) is 18.1. The van der Waals surface area contributed by atoms with Crippen LogP contribution in [-0.2, 0) is 14.3 Å². The molecule has 1 aromatic carbocycles. The molecule has 1 unspecified atom stereocenters. The Hall–Kier alpha value is -2.28. The van der Waals surface area contributed by atoms with E-state index in [1.165, 1.54) is 0 Å². The van der Waals surface area contributed by atoms with E-state index in [0.717, 1.165) is 12.2 Å². The van der Waals surface area contributed by atoms with Crippen LogP contribution in [0.25, 0.3) is 0 Å². The third-order valence-electron chi connectivity index (χ3n) is 3.66. The number of carbonyl (C=O) groups excluding carboxylic acids is 1. The molecule has 24 heavy (non-hydrogen) atoms. The van der Waals surface area contributed by atoms with Crippen LogP contribution in [0.4, 0.5) is 0 Å². The lowest BCUT2D eigenvalue weighted by Crippen LogP contribution is -2.51. The van der Waals surface area contributed by atoms with E-state index < -0.39 is 11.5 Å². The minimum Gasteiger partial charge on any atom is -0.494 e. The molecule has 1 fully saturated rings. The molecule has 2 N–H and O–H groups in total. The number of carboxylic acid groups (broad SMARTS) is 1. The van der Waals surface area contributed by atoms with Crippen molar-refractivity contribution in [2.45, 2.75) is 31.7 Å². The lowest BCUT2D eigenvalue weighted by molar-refractivity contribution is -0.139. The molecule has 2 rings (SSSR count). The molecular formula is C17H23NO6. The minimum absolute atomic E-state index is 0.164. The van der Waals surface area contributed by atoms with Crippen LogP contribution in [-0.4, -0.2) is 48.9 Å². The number of carboxylic acids is 1. The number of benzene rings is 1. The molecule has 1 amide bonds. The smallest absolute Gasteiger partial charge is 0.305 e. The van der Waals surface area contributed by atoms with Crippen LogP contribution in [0.5, 0.6) is 11.5 Å². The first-order valence-electron chi connectivity index (χ1n) is 7.99. The lowest BCUT2D eigenvalue weighted by atomic mass is 9.94. The predicted octanol–water partition coefficient (Wildman–Crippen LogP) is 1.60. The van der Waals surface area contributed by atoms with Crippen molar-refractivity contribution in [1.29, 1.82) is 0 Å². The number of hydrogen-bond donors (Lipinski definition) is 2. The number of hydrogen-bond acceptors (Lipinski definition) is 5. The predicted molar refractivity (Wildman–Crippen MR) is 86.3 cm³/mol. The van der Waals surface area contributed by atoms with Crippen LogP contribution in [0.3, 0.4) is 0 Å². The number of carbonyl (C=O) groups is 2. The monoisotopic (exact) mass is 337 g/mol. The van der Waals surface area contributed by atoms with Crippen molar-refractivity contribution in [1.82, 2.24) is 5.32 Å². The fraction of sp³-hybridized carbons (Fsp3) is 0.529. The van der Waals surface area contributed by atoms with Gasteiger partial charge in [-0.1, -0.05) is 6.92 Å². The number of nitrogens with one attached hydrogen (secondary N) is 1. The van der Waals surface area contributed by atoms with Gasteiger partial charge in [0, 0.05) is 6.61 Å². The van der Waals surface area contributed by atoms with Gasteiger partial charge in [-0.3, -0.25) is 9.59 Å². The Bertz CT molecular complexity index is 551. The highest BCUT2D eigenvalue weighted by molar-refractivity contribution is 5.79. The highest BCUT2D eigenvalue weighted by Gasteiger charge is 2.38. The van der Waals surface area contributed by atoms with Crippen molar-refractivity contribution < 1.29 is 28.9 Å². The molecule has 0 aliphatic carbocycles. The quantitative estimate of drug-likeness (QED) is 0.711. The van der Waals surface area contributed by atoms with Gasteiger partial charge >= 0.3 is 5.97 Å². The third-order valence-corrected chi connectivity index (χ3v) is 3.66. The Morgan fingerprint density at radius 1 is 1.25 bits per heavy atom. The van der Waals surface area contributed by atoms with Crippen molar-refractivity contribution >= 4 is 11.9 Å². The Morgan fingerprint density at radius 2 is 1.92 bits per heavy atom. The summed E-state index contributed by atoms with van der Waals surface area (Å²) in [6.45, 7) is 3.14. The fourth-order valence-corrected chi connectivity index (χ4v) is 2.51. The van der Waals surface area contributed by atoms with Gasteiger partial charge in [0.2, 0.25) is 0 Å². The molecule has 1 aliphatic heterocycles. The molecule has 1 atom stereocenters. The van der Waals surface area contributed by atoms with E-state index >= 15 is 0 Å². The summed E-state index contributed by atoms with van der Waals surface area (Å²) in [7, 11) is 0. The summed E-state index contributed by atoms with van der Waals surface area (Å²) in [5.41, 5.74) is -0.843. The molecule has 132 valence electrons. The van der Waals surface area contributed by atoms with Gasteiger partial charge in [0.05, 0.1) is 25.2 Å².